The number of rotatable bonds is 6. The highest BCUT2D eigenvalue weighted by Gasteiger charge is 2.05. The number of nitriles is 1. The molecule has 0 spiro atoms. The summed E-state index contributed by atoms with van der Waals surface area (Å²) in [6.45, 7) is 3.02. The minimum absolute atomic E-state index is 0.236. The van der Waals surface area contributed by atoms with Gasteiger partial charge >= 0.3 is 0 Å². The van der Waals surface area contributed by atoms with Crippen molar-refractivity contribution in [3.05, 3.63) is 36.0 Å². The van der Waals surface area contributed by atoms with Gasteiger partial charge in [-0.15, -0.1) is 0 Å². The van der Waals surface area contributed by atoms with Crippen LogP contribution in [0.3, 0.4) is 0 Å². The fourth-order valence-electron chi connectivity index (χ4n) is 2.33. The third-order valence-electron chi connectivity index (χ3n) is 3.55. The normalized spacial score (nSPS) is 12.5. The van der Waals surface area contributed by atoms with E-state index in [0.717, 1.165) is 25.8 Å². The van der Waals surface area contributed by atoms with Gasteiger partial charge < -0.3 is 10.3 Å². The van der Waals surface area contributed by atoms with Crippen molar-refractivity contribution in [3.63, 3.8) is 0 Å². The van der Waals surface area contributed by atoms with Crippen LogP contribution >= 0.6 is 0 Å². The highest BCUT2D eigenvalue weighted by Crippen LogP contribution is 2.19. The zero-order valence-corrected chi connectivity index (χ0v) is 11.5. The molecule has 1 heterocycles. The molecule has 2 N–H and O–H groups in total. The van der Waals surface area contributed by atoms with E-state index in [0.29, 0.717) is 6.42 Å². The molecule has 0 saturated carbocycles. The highest BCUT2D eigenvalue weighted by atomic mass is 14.9. The first-order valence-electron chi connectivity index (χ1n) is 6.95. The van der Waals surface area contributed by atoms with Gasteiger partial charge in [-0.25, -0.2) is 0 Å². The molecule has 0 radical (unpaired) electrons. The van der Waals surface area contributed by atoms with Gasteiger partial charge in [-0.1, -0.05) is 19.1 Å². The first kappa shape index (κ1) is 13.6. The summed E-state index contributed by atoms with van der Waals surface area (Å²) in [5, 5.41) is 9.86. The zero-order chi connectivity index (χ0) is 13.7. The fourth-order valence-corrected chi connectivity index (χ4v) is 2.33. The van der Waals surface area contributed by atoms with Crippen molar-refractivity contribution in [2.24, 2.45) is 5.73 Å². The predicted molar refractivity (Wildman–Crippen MR) is 78.8 cm³/mol. The Bertz CT molecular complexity index is 577. The minimum Gasteiger partial charge on any atom is -0.347 e. The lowest BCUT2D eigenvalue weighted by atomic mass is 10.0. The molecule has 1 aromatic carbocycles. The van der Waals surface area contributed by atoms with Crippen molar-refractivity contribution in [2.45, 2.75) is 45.2 Å². The van der Waals surface area contributed by atoms with Crippen LogP contribution in [0.5, 0.6) is 0 Å². The molecule has 1 aromatic heterocycles. The summed E-state index contributed by atoms with van der Waals surface area (Å²) >= 11 is 0. The van der Waals surface area contributed by atoms with Gasteiger partial charge in [-0.05, 0) is 42.3 Å². The van der Waals surface area contributed by atoms with E-state index < -0.39 is 0 Å². The largest absolute Gasteiger partial charge is 0.347 e. The smallest absolute Gasteiger partial charge is 0.0622 e. The molecule has 0 aliphatic heterocycles. The molecule has 0 bridgehead atoms. The van der Waals surface area contributed by atoms with E-state index in [1.165, 1.54) is 16.5 Å². The third-order valence-corrected chi connectivity index (χ3v) is 3.55. The van der Waals surface area contributed by atoms with E-state index in [4.69, 9.17) is 11.0 Å². The first-order valence-corrected chi connectivity index (χ1v) is 6.95. The lowest BCUT2D eigenvalue weighted by Crippen LogP contribution is -2.21. The van der Waals surface area contributed by atoms with Crippen LogP contribution in [0.15, 0.2) is 30.5 Å². The summed E-state index contributed by atoms with van der Waals surface area (Å²) in [4.78, 5) is 0. The average Bonchev–Trinajstić information content (AvgIpc) is 2.82. The molecular weight excluding hydrogens is 234 g/mol. The Morgan fingerprint density at radius 3 is 2.95 bits per heavy atom. The van der Waals surface area contributed by atoms with Crippen LogP contribution in [0.1, 0.15) is 31.7 Å². The lowest BCUT2D eigenvalue weighted by molar-refractivity contribution is 0.645. The van der Waals surface area contributed by atoms with Gasteiger partial charge in [0.05, 0.1) is 6.07 Å². The Hall–Kier alpha value is -1.79. The van der Waals surface area contributed by atoms with Crippen LogP contribution < -0.4 is 5.73 Å². The number of nitrogens with zero attached hydrogens (tertiary/aromatic N) is 2. The molecule has 1 atom stereocenters. The molecule has 19 heavy (non-hydrogen) atoms. The zero-order valence-electron chi connectivity index (χ0n) is 11.5. The van der Waals surface area contributed by atoms with Crippen molar-refractivity contribution < 1.29 is 0 Å². The summed E-state index contributed by atoms with van der Waals surface area (Å²) in [5.74, 6) is 0. The summed E-state index contributed by atoms with van der Waals surface area (Å²) in [6.07, 6.45) is 5.54. The van der Waals surface area contributed by atoms with Crippen LogP contribution in [0, 0.1) is 11.3 Å². The molecule has 0 saturated heterocycles. The number of fused-ring (bicyclic) bond motifs is 1. The lowest BCUT2D eigenvalue weighted by Gasteiger charge is -2.10. The topological polar surface area (TPSA) is 54.7 Å². The van der Waals surface area contributed by atoms with Crippen molar-refractivity contribution >= 4 is 10.9 Å². The van der Waals surface area contributed by atoms with Crippen LogP contribution in [0.25, 0.3) is 10.9 Å². The van der Waals surface area contributed by atoms with Crippen molar-refractivity contribution in [2.75, 3.05) is 0 Å². The van der Waals surface area contributed by atoms with Gasteiger partial charge in [0.2, 0.25) is 0 Å². The molecule has 0 fully saturated rings. The molecule has 0 aliphatic carbocycles. The van der Waals surface area contributed by atoms with Crippen molar-refractivity contribution in [1.82, 2.24) is 4.57 Å². The minimum atomic E-state index is 0.236. The van der Waals surface area contributed by atoms with Gasteiger partial charge in [0.25, 0.3) is 0 Å². The maximum Gasteiger partial charge on any atom is 0.0622 e. The molecule has 0 aliphatic rings. The Balaban J connectivity index is 2.19. The second-order valence-corrected chi connectivity index (χ2v) is 5.04. The number of hydrogen-bond acceptors (Lipinski definition) is 2. The monoisotopic (exact) mass is 255 g/mol. The van der Waals surface area contributed by atoms with E-state index in [-0.39, 0.29) is 6.04 Å². The number of aromatic nitrogens is 1. The van der Waals surface area contributed by atoms with Crippen LogP contribution in [-0.4, -0.2) is 10.6 Å². The van der Waals surface area contributed by atoms with Crippen LogP contribution in [0.4, 0.5) is 0 Å². The molecule has 3 nitrogen and oxygen atoms in total. The highest BCUT2D eigenvalue weighted by molar-refractivity contribution is 5.80. The standard InChI is InChI=1S/C16H21N3/c1-2-15(18)11-13-5-6-14-7-10-19(16(14)12-13)9-4-3-8-17/h5-7,10,12,15H,2-4,9,11,18H2,1H3. The number of unbranched alkanes of at least 4 members (excludes halogenated alkanes) is 1. The van der Waals surface area contributed by atoms with Crippen LogP contribution in [0.2, 0.25) is 0 Å². The van der Waals surface area contributed by atoms with Crippen LogP contribution in [-0.2, 0) is 13.0 Å². The number of nitrogens with two attached hydrogens (primary N) is 1. The molecule has 1 unspecified atom stereocenters. The fraction of sp³-hybridized carbons (Fsp3) is 0.438. The van der Waals surface area contributed by atoms with E-state index in [1.54, 1.807) is 0 Å². The first-order chi connectivity index (χ1) is 9.24. The molecule has 2 aromatic rings. The van der Waals surface area contributed by atoms with Gasteiger partial charge in [0, 0.05) is 30.7 Å². The summed E-state index contributed by atoms with van der Waals surface area (Å²) < 4.78 is 2.23. The Morgan fingerprint density at radius 1 is 1.37 bits per heavy atom. The number of benzene rings is 1. The molecule has 100 valence electrons. The maximum absolute atomic E-state index is 8.61. The predicted octanol–water partition coefficient (Wildman–Crippen LogP) is 3.22. The van der Waals surface area contributed by atoms with Crippen molar-refractivity contribution in [3.8, 4) is 6.07 Å². The van der Waals surface area contributed by atoms with Gasteiger partial charge in [-0.3, -0.25) is 0 Å². The van der Waals surface area contributed by atoms with Crippen molar-refractivity contribution in [1.29, 1.82) is 5.26 Å². The van der Waals surface area contributed by atoms with Gasteiger partial charge in [0.1, 0.15) is 0 Å². The molecular formula is C16H21N3. The summed E-state index contributed by atoms with van der Waals surface area (Å²) in [6, 6.07) is 11.1. The van der Waals surface area contributed by atoms with Gasteiger partial charge in [-0.2, -0.15) is 5.26 Å². The number of aryl methyl sites for hydroxylation is 1. The maximum atomic E-state index is 8.61. The van der Waals surface area contributed by atoms with Gasteiger partial charge in [0.15, 0.2) is 0 Å². The van der Waals surface area contributed by atoms with E-state index >= 15 is 0 Å². The molecule has 2 rings (SSSR count). The number of hydrogen-bond donors (Lipinski definition) is 1. The average molecular weight is 255 g/mol. The quantitative estimate of drug-likeness (QED) is 0.806. The Kier molecular flexibility index (Phi) is 4.59. The summed E-state index contributed by atoms with van der Waals surface area (Å²) in [7, 11) is 0. The van der Waals surface area contributed by atoms with E-state index in [9.17, 15) is 0 Å². The SMILES string of the molecule is CCC(N)Cc1ccc2ccn(CCCC#N)c2c1. The second kappa shape index (κ2) is 6.40. The Morgan fingerprint density at radius 2 is 2.21 bits per heavy atom. The molecule has 3 heteroatoms. The second-order valence-electron chi connectivity index (χ2n) is 5.04. The Labute approximate surface area is 114 Å². The summed E-state index contributed by atoms with van der Waals surface area (Å²) in [5.41, 5.74) is 8.56. The van der Waals surface area contributed by atoms with E-state index in [2.05, 4.69) is 48.0 Å². The molecule has 0 amide bonds. The third kappa shape index (κ3) is 3.36. The van der Waals surface area contributed by atoms with E-state index in [1.807, 2.05) is 0 Å².